The highest BCUT2D eigenvalue weighted by atomic mass is 16.2. The van der Waals surface area contributed by atoms with Crippen molar-refractivity contribution in [3.63, 3.8) is 0 Å². The second kappa shape index (κ2) is 4.70. The van der Waals surface area contributed by atoms with Gasteiger partial charge >= 0.3 is 0 Å². The third-order valence-electron chi connectivity index (χ3n) is 3.09. The fourth-order valence-electron chi connectivity index (χ4n) is 2.13. The lowest BCUT2D eigenvalue weighted by Crippen LogP contribution is -2.35. The van der Waals surface area contributed by atoms with Gasteiger partial charge in [-0.1, -0.05) is 18.2 Å². The summed E-state index contributed by atoms with van der Waals surface area (Å²) in [5.74, 6) is 0.711. The Kier molecular flexibility index (Phi) is 2.89. The zero-order chi connectivity index (χ0) is 13.2. The largest absolute Gasteiger partial charge is 0.326 e. The number of hydrogen-bond acceptors (Lipinski definition) is 4. The first-order chi connectivity index (χ1) is 9.28. The van der Waals surface area contributed by atoms with Crippen LogP contribution in [-0.4, -0.2) is 17.4 Å². The monoisotopic (exact) mass is 254 g/mol. The molecule has 3 rings (SSSR count). The first kappa shape index (κ1) is 11.7. The fourth-order valence-corrected chi connectivity index (χ4v) is 2.13. The molecule has 0 atom stereocenters. The number of benzene rings is 1. The minimum absolute atomic E-state index is 0.0385. The number of hydrogen-bond donors (Lipinski definition) is 2. The molecule has 0 spiro atoms. The summed E-state index contributed by atoms with van der Waals surface area (Å²) in [4.78, 5) is 18.0. The molecule has 5 heteroatoms. The Morgan fingerprint density at radius 2 is 2.11 bits per heavy atom. The van der Waals surface area contributed by atoms with Gasteiger partial charge in [-0.15, -0.1) is 0 Å². The highest BCUT2D eigenvalue weighted by Crippen LogP contribution is 2.33. The van der Waals surface area contributed by atoms with Gasteiger partial charge in [-0.2, -0.15) is 0 Å². The number of aromatic nitrogens is 1. The van der Waals surface area contributed by atoms with Crippen molar-refractivity contribution >= 4 is 23.1 Å². The van der Waals surface area contributed by atoms with E-state index in [4.69, 9.17) is 5.73 Å². The molecule has 1 aromatic carbocycles. The van der Waals surface area contributed by atoms with Crippen molar-refractivity contribution in [3.05, 3.63) is 48.2 Å². The van der Waals surface area contributed by atoms with Gasteiger partial charge in [0, 0.05) is 12.7 Å². The first-order valence-corrected chi connectivity index (χ1v) is 6.09. The Morgan fingerprint density at radius 1 is 1.26 bits per heavy atom. The average Bonchev–Trinajstić information content (AvgIpc) is 2.46. The maximum Gasteiger partial charge on any atom is 0.244 e. The lowest BCUT2D eigenvalue weighted by molar-refractivity contribution is -0.115. The van der Waals surface area contributed by atoms with Crippen LogP contribution in [0.2, 0.25) is 0 Å². The minimum atomic E-state index is -0.0385. The minimum Gasteiger partial charge on any atom is -0.326 e. The Bertz CT molecular complexity index is 609. The number of para-hydroxylation sites is 2. The predicted octanol–water partition coefficient (Wildman–Crippen LogP) is 1.63. The molecule has 19 heavy (non-hydrogen) atoms. The van der Waals surface area contributed by atoms with Gasteiger partial charge in [0.2, 0.25) is 5.91 Å². The van der Waals surface area contributed by atoms with Crippen LogP contribution in [0.5, 0.6) is 0 Å². The number of fused-ring (bicyclic) bond motifs is 1. The summed E-state index contributed by atoms with van der Waals surface area (Å²) < 4.78 is 0. The highest BCUT2D eigenvalue weighted by molar-refractivity contribution is 6.02. The Labute approximate surface area is 111 Å². The first-order valence-electron chi connectivity index (χ1n) is 6.09. The zero-order valence-corrected chi connectivity index (χ0v) is 10.3. The molecule has 3 N–H and O–H groups in total. The number of rotatable bonds is 2. The molecule has 1 amide bonds. The smallest absolute Gasteiger partial charge is 0.244 e. The summed E-state index contributed by atoms with van der Waals surface area (Å²) in [6.45, 7) is 0.732. The maximum atomic E-state index is 11.7. The molecule has 1 aliphatic rings. The van der Waals surface area contributed by atoms with Gasteiger partial charge in [-0.3, -0.25) is 4.79 Å². The molecule has 1 aromatic heterocycles. The number of nitrogens with one attached hydrogen (secondary N) is 1. The molecule has 2 heterocycles. The molecule has 0 fully saturated rings. The van der Waals surface area contributed by atoms with E-state index in [2.05, 4.69) is 10.3 Å². The van der Waals surface area contributed by atoms with E-state index in [-0.39, 0.29) is 12.5 Å². The Morgan fingerprint density at radius 3 is 2.84 bits per heavy atom. The van der Waals surface area contributed by atoms with Gasteiger partial charge in [0.05, 0.1) is 11.4 Å². The van der Waals surface area contributed by atoms with E-state index in [1.165, 1.54) is 0 Å². The van der Waals surface area contributed by atoms with E-state index in [1.807, 2.05) is 41.3 Å². The molecule has 0 aliphatic carbocycles. The van der Waals surface area contributed by atoms with E-state index in [1.54, 1.807) is 6.20 Å². The van der Waals surface area contributed by atoms with Gasteiger partial charge in [-0.05, 0) is 23.8 Å². The topological polar surface area (TPSA) is 71.2 Å². The van der Waals surface area contributed by atoms with Crippen molar-refractivity contribution in [2.75, 3.05) is 16.8 Å². The van der Waals surface area contributed by atoms with Gasteiger partial charge in [0.15, 0.2) is 0 Å². The van der Waals surface area contributed by atoms with Crippen molar-refractivity contribution in [1.29, 1.82) is 0 Å². The van der Waals surface area contributed by atoms with E-state index in [0.29, 0.717) is 6.54 Å². The van der Waals surface area contributed by atoms with Crippen LogP contribution in [0.25, 0.3) is 0 Å². The lowest BCUT2D eigenvalue weighted by atomic mass is 10.2. The van der Waals surface area contributed by atoms with Crippen LogP contribution < -0.4 is 16.0 Å². The summed E-state index contributed by atoms with van der Waals surface area (Å²) in [6.07, 6.45) is 1.74. The summed E-state index contributed by atoms with van der Waals surface area (Å²) in [7, 11) is 0. The van der Waals surface area contributed by atoms with Crippen molar-refractivity contribution in [2.45, 2.75) is 6.54 Å². The molecule has 1 aliphatic heterocycles. The van der Waals surface area contributed by atoms with Crippen LogP contribution in [0.3, 0.4) is 0 Å². The van der Waals surface area contributed by atoms with Crippen molar-refractivity contribution in [1.82, 2.24) is 4.98 Å². The van der Waals surface area contributed by atoms with Gasteiger partial charge < -0.3 is 16.0 Å². The van der Waals surface area contributed by atoms with Crippen molar-refractivity contribution in [2.24, 2.45) is 5.73 Å². The van der Waals surface area contributed by atoms with E-state index in [0.717, 1.165) is 22.8 Å². The SMILES string of the molecule is NCc1ccc(N2CC(=O)Nc3ccccc32)nc1. The third-order valence-corrected chi connectivity index (χ3v) is 3.09. The molecule has 0 radical (unpaired) electrons. The number of pyridine rings is 1. The number of nitrogens with two attached hydrogens (primary N) is 1. The zero-order valence-electron chi connectivity index (χ0n) is 10.3. The van der Waals surface area contributed by atoms with Gasteiger partial charge in [-0.25, -0.2) is 4.98 Å². The van der Waals surface area contributed by atoms with Crippen LogP contribution in [0, 0.1) is 0 Å². The number of anilines is 3. The standard InChI is InChI=1S/C14H14N4O/c15-7-10-5-6-13(16-8-10)18-9-14(19)17-11-3-1-2-4-12(11)18/h1-6,8H,7,9,15H2,(H,17,19). The lowest BCUT2D eigenvalue weighted by Gasteiger charge is -2.29. The van der Waals surface area contributed by atoms with Crippen LogP contribution in [0.4, 0.5) is 17.2 Å². The van der Waals surface area contributed by atoms with Gasteiger partial charge in [0.25, 0.3) is 0 Å². The number of carbonyl (C=O) groups is 1. The molecular formula is C14H14N4O. The summed E-state index contributed by atoms with van der Waals surface area (Å²) in [5.41, 5.74) is 8.29. The van der Waals surface area contributed by atoms with Crippen molar-refractivity contribution in [3.8, 4) is 0 Å². The average molecular weight is 254 g/mol. The van der Waals surface area contributed by atoms with E-state index >= 15 is 0 Å². The highest BCUT2D eigenvalue weighted by Gasteiger charge is 2.23. The van der Waals surface area contributed by atoms with E-state index in [9.17, 15) is 4.79 Å². The van der Waals surface area contributed by atoms with Crippen LogP contribution in [-0.2, 0) is 11.3 Å². The number of nitrogens with zero attached hydrogens (tertiary/aromatic N) is 2. The number of amides is 1. The molecule has 0 unspecified atom stereocenters. The number of carbonyl (C=O) groups excluding carboxylic acids is 1. The predicted molar refractivity (Wildman–Crippen MR) is 74.2 cm³/mol. The van der Waals surface area contributed by atoms with Crippen molar-refractivity contribution < 1.29 is 4.79 Å². The molecule has 0 saturated heterocycles. The van der Waals surface area contributed by atoms with E-state index < -0.39 is 0 Å². The quantitative estimate of drug-likeness (QED) is 0.854. The normalized spacial score (nSPS) is 13.9. The summed E-state index contributed by atoms with van der Waals surface area (Å²) in [5, 5.41) is 2.85. The molecule has 0 bridgehead atoms. The fraction of sp³-hybridized carbons (Fsp3) is 0.143. The Hall–Kier alpha value is -2.40. The third kappa shape index (κ3) is 2.15. The summed E-state index contributed by atoms with van der Waals surface area (Å²) >= 11 is 0. The molecular weight excluding hydrogens is 240 g/mol. The second-order valence-corrected chi connectivity index (χ2v) is 4.38. The maximum absolute atomic E-state index is 11.7. The van der Waals surface area contributed by atoms with Gasteiger partial charge in [0.1, 0.15) is 12.4 Å². The molecule has 0 saturated carbocycles. The summed E-state index contributed by atoms with van der Waals surface area (Å²) in [6, 6.07) is 11.5. The van der Waals surface area contributed by atoms with Crippen LogP contribution in [0.1, 0.15) is 5.56 Å². The van der Waals surface area contributed by atoms with Crippen LogP contribution >= 0.6 is 0 Å². The molecule has 96 valence electrons. The van der Waals surface area contributed by atoms with Crippen LogP contribution in [0.15, 0.2) is 42.6 Å². The second-order valence-electron chi connectivity index (χ2n) is 4.38. The Balaban J connectivity index is 2.02. The molecule has 2 aromatic rings. The molecule has 5 nitrogen and oxygen atoms in total.